The van der Waals surface area contributed by atoms with Gasteiger partial charge in [0.25, 0.3) is 5.91 Å². The fraction of sp³-hybridized carbons (Fsp3) is 0.452. The predicted molar refractivity (Wildman–Crippen MR) is 156 cm³/mol. The van der Waals surface area contributed by atoms with Gasteiger partial charge >= 0.3 is 0 Å². The highest BCUT2D eigenvalue weighted by Crippen LogP contribution is 2.40. The molecular formula is C31H35BrFN5O. The van der Waals surface area contributed by atoms with E-state index in [1.54, 1.807) is 6.07 Å². The molecule has 1 fully saturated rings. The number of hydrogen-bond acceptors (Lipinski definition) is 3. The Labute approximate surface area is 237 Å². The highest BCUT2D eigenvalue weighted by atomic mass is 79.9. The average molecular weight is 593 g/mol. The third kappa shape index (κ3) is 4.50. The number of benzene rings is 2. The highest BCUT2D eigenvalue weighted by Gasteiger charge is 2.36. The first-order valence-electron chi connectivity index (χ1n) is 14.2. The number of aromatic nitrogens is 4. The maximum absolute atomic E-state index is 14.1. The largest absolute Gasteiger partial charge is 0.339 e. The minimum absolute atomic E-state index is 0.0673. The normalized spacial score (nSPS) is 18.3. The molecule has 1 amide bonds. The number of nitrogens with zero attached hydrogens (tertiary/aromatic N) is 4. The Morgan fingerprint density at radius 3 is 2.54 bits per heavy atom. The lowest BCUT2D eigenvalue weighted by molar-refractivity contribution is 0.0619. The molecular weight excluding hydrogens is 557 g/mol. The number of nitrogens with one attached hydrogen (secondary N) is 1. The summed E-state index contributed by atoms with van der Waals surface area (Å²) in [5.74, 6) is 1.87. The highest BCUT2D eigenvalue weighted by molar-refractivity contribution is 9.10. The van der Waals surface area contributed by atoms with Crippen molar-refractivity contribution in [2.75, 3.05) is 6.54 Å². The third-order valence-corrected chi connectivity index (χ3v) is 9.08. The first-order valence-corrected chi connectivity index (χ1v) is 15.0. The Kier molecular flexibility index (Phi) is 7.08. The zero-order valence-electron chi connectivity index (χ0n) is 22.8. The summed E-state index contributed by atoms with van der Waals surface area (Å²) >= 11 is 3.52. The van der Waals surface area contributed by atoms with E-state index < -0.39 is 6.17 Å². The summed E-state index contributed by atoms with van der Waals surface area (Å²) in [4.78, 5) is 28.7. The van der Waals surface area contributed by atoms with Gasteiger partial charge in [-0.1, -0.05) is 51.0 Å². The first kappa shape index (κ1) is 26.2. The van der Waals surface area contributed by atoms with Crippen LogP contribution in [-0.2, 0) is 13.0 Å². The third-order valence-electron chi connectivity index (χ3n) is 8.44. The quantitative estimate of drug-likeness (QED) is 0.236. The predicted octanol–water partition coefficient (Wildman–Crippen LogP) is 8.05. The van der Waals surface area contributed by atoms with Gasteiger partial charge in [0, 0.05) is 23.1 Å². The maximum Gasteiger partial charge on any atom is 0.256 e. The van der Waals surface area contributed by atoms with E-state index in [4.69, 9.17) is 4.98 Å². The molecule has 1 aliphatic heterocycles. The van der Waals surface area contributed by atoms with Gasteiger partial charge in [-0.05, 0) is 72.2 Å². The zero-order valence-corrected chi connectivity index (χ0v) is 24.4. The van der Waals surface area contributed by atoms with Crippen molar-refractivity contribution in [3.05, 3.63) is 69.2 Å². The zero-order chi connectivity index (χ0) is 27.3. The van der Waals surface area contributed by atoms with Gasteiger partial charge in [-0.2, -0.15) is 0 Å². The molecule has 2 aliphatic rings. The standard InChI is InChI=1S/C31H35BrFN5O/c1-4-7-24-28-25(5-2)37(31(39)22-14-15-23(32)27-26(22)35-29(36-27)18(3)33)16-17-38(28)30(34-24)21-12-10-20(11-13-21)19-8-6-9-19/h10-15,18-19,25H,4-9,16-17H2,1-3H3,(H,35,36). The van der Waals surface area contributed by atoms with Gasteiger partial charge in [0.05, 0.1) is 28.5 Å². The molecule has 3 heterocycles. The number of fused-ring (bicyclic) bond motifs is 2. The molecule has 0 saturated heterocycles. The van der Waals surface area contributed by atoms with Crippen LogP contribution in [-0.4, -0.2) is 36.9 Å². The summed E-state index contributed by atoms with van der Waals surface area (Å²) in [6.45, 7) is 7.01. The van der Waals surface area contributed by atoms with Crippen LogP contribution in [0, 0.1) is 0 Å². The Morgan fingerprint density at radius 1 is 1.13 bits per heavy atom. The Hall–Kier alpha value is -3.00. The van der Waals surface area contributed by atoms with Crippen molar-refractivity contribution < 1.29 is 9.18 Å². The van der Waals surface area contributed by atoms with Crippen LogP contribution in [0.3, 0.4) is 0 Å². The summed E-state index contributed by atoms with van der Waals surface area (Å²) in [5.41, 5.74) is 6.46. The number of carbonyl (C=O) groups is 1. The van der Waals surface area contributed by atoms with Crippen LogP contribution in [0.4, 0.5) is 4.39 Å². The molecule has 1 aliphatic carbocycles. The fourth-order valence-electron chi connectivity index (χ4n) is 6.17. The van der Waals surface area contributed by atoms with Gasteiger partial charge in [0.15, 0.2) is 6.17 Å². The summed E-state index contributed by atoms with van der Waals surface area (Å²) in [5, 5.41) is 0. The Morgan fingerprint density at radius 2 is 1.90 bits per heavy atom. The topological polar surface area (TPSA) is 66.8 Å². The lowest BCUT2D eigenvalue weighted by atomic mass is 9.80. The van der Waals surface area contributed by atoms with Crippen molar-refractivity contribution in [2.45, 2.75) is 84.0 Å². The number of carbonyl (C=O) groups excluding carboxylic acids is 1. The van der Waals surface area contributed by atoms with Gasteiger partial charge in [0.2, 0.25) is 0 Å². The Bertz CT molecular complexity index is 1520. The van der Waals surface area contributed by atoms with Crippen molar-refractivity contribution >= 4 is 32.9 Å². The minimum atomic E-state index is -1.25. The van der Waals surface area contributed by atoms with E-state index in [9.17, 15) is 9.18 Å². The van der Waals surface area contributed by atoms with E-state index in [-0.39, 0.29) is 17.8 Å². The van der Waals surface area contributed by atoms with Crippen LogP contribution in [0.25, 0.3) is 22.4 Å². The first-order chi connectivity index (χ1) is 18.9. The maximum atomic E-state index is 14.1. The molecule has 2 unspecified atom stereocenters. The number of aromatic amines is 1. The molecule has 0 spiro atoms. The van der Waals surface area contributed by atoms with Crippen molar-refractivity contribution in [2.24, 2.45) is 0 Å². The molecule has 0 bridgehead atoms. The monoisotopic (exact) mass is 591 g/mol. The second kappa shape index (κ2) is 10.5. The number of alkyl halides is 1. The molecule has 1 N–H and O–H groups in total. The van der Waals surface area contributed by atoms with Crippen molar-refractivity contribution in [1.29, 1.82) is 0 Å². The number of H-pyrrole nitrogens is 1. The molecule has 4 aromatic rings. The van der Waals surface area contributed by atoms with Gasteiger partial charge in [-0.25, -0.2) is 14.4 Å². The van der Waals surface area contributed by atoms with E-state index in [1.165, 1.54) is 31.7 Å². The van der Waals surface area contributed by atoms with Gasteiger partial charge in [-0.3, -0.25) is 4.79 Å². The number of amides is 1. The van der Waals surface area contributed by atoms with Gasteiger partial charge in [-0.15, -0.1) is 0 Å². The van der Waals surface area contributed by atoms with Gasteiger partial charge in [0.1, 0.15) is 17.2 Å². The number of hydrogen-bond donors (Lipinski definition) is 1. The van der Waals surface area contributed by atoms with Crippen molar-refractivity contribution in [3.8, 4) is 11.4 Å². The Balaban J connectivity index is 1.38. The number of rotatable bonds is 7. The smallest absolute Gasteiger partial charge is 0.256 e. The molecule has 8 heteroatoms. The van der Waals surface area contributed by atoms with E-state index >= 15 is 0 Å². The van der Waals surface area contributed by atoms with Crippen LogP contribution in [0.1, 0.15) is 104 Å². The van der Waals surface area contributed by atoms with Crippen LogP contribution < -0.4 is 0 Å². The number of imidazole rings is 2. The summed E-state index contributed by atoms with van der Waals surface area (Å²) in [6, 6.07) is 12.5. The number of halogens is 2. The SMILES string of the molecule is CCCc1nc(-c2ccc(C3CCC3)cc2)n2c1C(CC)N(C(=O)c1ccc(Br)c3nc(C(C)F)[nH]c13)CC2. The molecule has 39 heavy (non-hydrogen) atoms. The second-order valence-electron chi connectivity index (χ2n) is 10.9. The van der Waals surface area contributed by atoms with E-state index in [0.717, 1.165) is 46.5 Å². The fourth-order valence-corrected chi connectivity index (χ4v) is 6.59. The molecule has 6 rings (SSSR count). The van der Waals surface area contributed by atoms with Gasteiger partial charge < -0.3 is 14.5 Å². The van der Waals surface area contributed by atoms with Crippen molar-refractivity contribution in [3.63, 3.8) is 0 Å². The summed E-state index contributed by atoms with van der Waals surface area (Å²) < 4.78 is 17.2. The van der Waals surface area contributed by atoms with E-state index in [2.05, 4.69) is 68.6 Å². The molecule has 0 radical (unpaired) electrons. The molecule has 204 valence electrons. The van der Waals surface area contributed by atoms with Crippen molar-refractivity contribution in [1.82, 2.24) is 24.4 Å². The second-order valence-corrected chi connectivity index (χ2v) is 11.8. The van der Waals surface area contributed by atoms with Crippen LogP contribution in [0.15, 0.2) is 40.9 Å². The summed E-state index contributed by atoms with van der Waals surface area (Å²) in [7, 11) is 0. The average Bonchev–Trinajstić information content (AvgIpc) is 3.51. The number of aryl methyl sites for hydroxylation is 1. The van der Waals surface area contributed by atoms with Crippen LogP contribution in [0.2, 0.25) is 0 Å². The van der Waals surface area contributed by atoms with E-state index in [1.807, 2.05) is 11.0 Å². The molecule has 2 atom stereocenters. The lowest BCUT2D eigenvalue weighted by Crippen LogP contribution is -2.42. The minimum Gasteiger partial charge on any atom is -0.339 e. The van der Waals surface area contributed by atoms with E-state index in [0.29, 0.717) is 35.6 Å². The molecule has 2 aromatic heterocycles. The molecule has 2 aromatic carbocycles. The molecule has 6 nitrogen and oxygen atoms in total. The lowest BCUT2D eigenvalue weighted by Gasteiger charge is -2.37. The summed E-state index contributed by atoms with van der Waals surface area (Å²) in [6.07, 6.45) is 5.29. The van der Waals surface area contributed by atoms with Crippen LogP contribution in [0.5, 0.6) is 0 Å². The van der Waals surface area contributed by atoms with Crippen LogP contribution >= 0.6 is 15.9 Å². The molecule has 1 saturated carbocycles.